The molecule has 0 aliphatic rings. The number of hydrogen-bond acceptors (Lipinski definition) is 4. The van der Waals surface area contributed by atoms with Crippen molar-refractivity contribution in [1.29, 1.82) is 0 Å². The Kier molecular flexibility index (Phi) is 4.50. The summed E-state index contributed by atoms with van der Waals surface area (Å²) >= 11 is 0. The fourth-order valence-electron chi connectivity index (χ4n) is 1.81. The predicted molar refractivity (Wildman–Crippen MR) is 74.3 cm³/mol. The average molecular weight is 306 g/mol. The first-order valence-corrected chi connectivity index (χ1v) is 6.28. The number of esters is 1. The van der Waals surface area contributed by atoms with Gasteiger partial charge in [-0.2, -0.15) is 0 Å². The standard InChI is InChI=1S/C16H12F2O4/c1-9(19)12-6-4-11(21-2)8-15(12)22-16(20)13-5-3-10(17)7-14(13)18/h3-8H,1-2H3. The molecule has 0 atom stereocenters. The van der Waals surface area contributed by atoms with E-state index < -0.39 is 23.2 Å². The maximum Gasteiger partial charge on any atom is 0.346 e. The zero-order valence-electron chi connectivity index (χ0n) is 11.9. The molecule has 22 heavy (non-hydrogen) atoms. The Balaban J connectivity index is 2.36. The molecule has 4 nitrogen and oxygen atoms in total. The number of methoxy groups -OCH3 is 1. The van der Waals surface area contributed by atoms with E-state index in [2.05, 4.69) is 0 Å². The zero-order chi connectivity index (χ0) is 16.3. The van der Waals surface area contributed by atoms with Crippen LogP contribution in [0.3, 0.4) is 0 Å². The van der Waals surface area contributed by atoms with Gasteiger partial charge in [-0.3, -0.25) is 4.79 Å². The highest BCUT2D eigenvalue weighted by atomic mass is 19.1. The van der Waals surface area contributed by atoms with Crippen LogP contribution < -0.4 is 9.47 Å². The van der Waals surface area contributed by atoms with Crippen LogP contribution in [-0.2, 0) is 0 Å². The van der Waals surface area contributed by atoms with Crippen LogP contribution in [0.5, 0.6) is 11.5 Å². The lowest BCUT2D eigenvalue weighted by molar-refractivity contribution is 0.0727. The molecule has 0 saturated heterocycles. The summed E-state index contributed by atoms with van der Waals surface area (Å²) in [5.74, 6) is -2.90. The molecule has 0 radical (unpaired) electrons. The molecule has 0 bridgehead atoms. The van der Waals surface area contributed by atoms with Crippen LogP contribution in [0, 0.1) is 11.6 Å². The Morgan fingerprint density at radius 1 is 1.00 bits per heavy atom. The third-order valence-electron chi connectivity index (χ3n) is 2.92. The van der Waals surface area contributed by atoms with Crippen molar-refractivity contribution in [2.45, 2.75) is 6.92 Å². The fraction of sp³-hybridized carbons (Fsp3) is 0.125. The zero-order valence-corrected chi connectivity index (χ0v) is 11.9. The summed E-state index contributed by atoms with van der Waals surface area (Å²) in [6.45, 7) is 1.30. The number of ketones is 1. The summed E-state index contributed by atoms with van der Waals surface area (Å²) in [5.41, 5.74) is -0.282. The molecule has 2 aromatic carbocycles. The minimum atomic E-state index is -1.04. The van der Waals surface area contributed by atoms with Gasteiger partial charge in [0.1, 0.15) is 23.1 Å². The molecule has 0 aliphatic heterocycles. The SMILES string of the molecule is COc1ccc(C(C)=O)c(OC(=O)c2ccc(F)cc2F)c1. The van der Waals surface area contributed by atoms with Crippen molar-refractivity contribution in [1.82, 2.24) is 0 Å². The number of hydrogen-bond donors (Lipinski definition) is 0. The molecular formula is C16H12F2O4. The molecule has 6 heteroatoms. The van der Waals surface area contributed by atoms with E-state index in [0.29, 0.717) is 11.8 Å². The molecule has 0 heterocycles. The molecule has 114 valence electrons. The van der Waals surface area contributed by atoms with Gasteiger partial charge in [-0.25, -0.2) is 13.6 Å². The first-order chi connectivity index (χ1) is 10.4. The smallest absolute Gasteiger partial charge is 0.346 e. The Bertz CT molecular complexity index is 741. The predicted octanol–water partition coefficient (Wildman–Crippen LogP) is 3.40. The molecule has 2 aromatic rings. The summed E-state index contributed by atoms with van der Waals surface area (Å²) in [6.07, 6.45) is 0. The van der Waals surface area contributed by atoms with Crippen LogP contribution in [0.25, 0.3) is 0 Å². The summed E-state index contributed by atoms with van der Waals surface area (Å²) in [4.78, 5) is 23.5. The van der Waals surface area contributed by atoms with Crippen LogP contribution in [0.2, 0.25) is 0 Å². The summed E-state index contributed by atoms with van der Waals surface area (Å²) < 4.78 is 36.5. The minimum Gasteiger partial charge on any atom is -0.497 e. The van der Waals surface area contributed by atoms with Gasteiger partial charge < -0.3 is 9.47 Å². The van der Waals surface area contributed by atoms with E-state index in [0.717, 1.165) is 12.1 Å². The molecule has 0 saturated carbocycles. The topological polar surface area (TPSA) is 52.6 Å². The van der Waals surface area contributed by atoms with Crippen molar-refractivity contribution in [3.8, 4) is 11.5 Å². The molecule has 2 rings (SSSR count). The van der Waals surface area contributed by atoms with Gasteiger partial charge in [0.05, 0.1) is 18.2 Å². The van der Waals surface area contributed by atoms with E-state index in [9.17, 15) is 18.4 Å². The van der Waals surface area contributed by atoms with Gasteiger partial charge >= 0.3 is 5.97 Å². The lowest BCUT2D eigenvalue weighted by Gasteiger charge is -2.10. The molecule has 0 aromatic heterocycles. The number of ether oxygens (including phenoxy) is 2. The molecule has 0 fully saturated rings. The number of carbonyl (C=O) groups excluding carboxylic acids is 2. The molecular weight excluding hydrogens is 294 g/mol. The van der Waals surface area contributed by atoms with Crippen molar-refractivity contribution in [3.63, 3.8) is 0 Å². The normalized spacial score (nSPS) is 10.2. The average Bonchev–Trinajstić information content (AvgIpc) is 2.46. The third-order valence-corrected chi connectivity index (χ3v) is 2.92. The highest BCUT2D eigenvalue weighted by Crippen LogP contribution is 2.26. The Hall–Kier alpha value is -2.76. The number of Topliss-reactive ketones (excluding diaryl/α,β-unsaturated/α-hetero) is 1. The number of benzene rings is 2. The van der Waals surface area contributed by atoms with Gasteiger partial charge in [0.2, 0.25) is 0 Å². The van der Waals surface area contributed by atoms with E-state index in [1.54, 1.807) is 0 Å². The van der Waals surface area contributed by atoms with Crippen LogP contribution in [0.4, 0.5) is 8.78 Å². The van der Waals surface area contributed by atoms with Gasteiger partial charge in [0.25, 0.3) is 0 Å². The van der Waals surface area contributed by atoms with Gasteiger partial charge in [-0.15, -0.1) is 0 Å². The van der Waals surface area contributed by atoms with Crippen molar-refractivity contribution < 1.29 is 27.8 Å². The highest BCUT2D eigenvalue weighted by Gasteiger charge is 2.18. The van der Waals surface area contributed by atoms with Crippen LogP contribution >= 0.6 is 0 Å². The van der Waals surface area contributed by atoms with Gasteiger partial charge in [0.15, 0.2) is 5.78 Å². The van der Waals surface area contributed by atoms with Gasteiger partial charge in [-0.1, -0.05) is 0 Å². The summed E-state index contributed by atoms with van der Waals surface area (Å²) in [7, 11) is 1.41. The largest absolute Gasteiger partial charge is 0.497 e. The second-order valence-electron chi connectivity index (χ2n) is 4.43. The van der Waals surface area contributed by atoms with Crippen molar-refractivity contribution >= 4 is 11.8 Å². The first-order valence-electron chi connectivity index (χ1n) is 6.28. The molecule has 0 aliphatic carbocycles. The maximum absolute atomic E-state index is 13.6. The molecule has 0 amide bonds. The highest BCUT2D eigenvalue weighted by molar-refractivity contribution is 5.99. The molecule has 0 spiro atoms. The molecule has 0 N–H and O–H groups in total. The summed E-state index contributed by atoms with van der Waals surface area (Å²) in [6, 6.07) is 6.80. The van der Waals surface area contributed by atoms with Crippen LogP contribution in [0.15, 0.2) is 36.4 Å². The Labute approximate surface area is 125 Å². The quantitative estimate of drug-likeness (QED) is 0.493. The number of halogens is 2. The van der Waals surface area contributed by atoms with Crippen LogP contribution in [-0.4, -0.2) is 18.9 Å². The molecule has 0 unspecified atom stereocenters. The fourth-order valence-corrected chi connectivity index (χ4v) is 1.81. The second-order valence-corrected chi connectivity index (χ2v) is 4.43. The maximum atomic E-state index is 13.6. The third kappa shape index (κ3) is 3.28. The monoisotopic (exact) mass is 306 g/mol. The Morgan fingerprint density at radius 3 is 2.27 bits per heavy atom. The van der Waals surface area contributed by atoms with E-state index in [1.807, 2.05) is 0 Å². The first kappa shape index (κ1) is 15.6. The van der Waals surface area contributed by atoms with Gasteiger partial charge in [0, 0.05) is 12.1 Å². The van der Waals surface area contributed by atoms with E-state index in [-0.39, 0.29) is 17.1 Å². The minimum absolute atomic E-state index is 0.0550. The van der Waals surface area contributed by atoms with E-state index >= 15 is 0 Å². The second kappa shape index (κ2) is 6.34. The lowest BCUT2D eigenvalue weighted by Crippen LogP contribution is -2.13. The Morgan fingerprint density at radius 2 is 1.68 bits per heavy atom. The van der Waals surface area contributed by atoms with Crippen molar-refractivity contribution in [2.24, 2.45) is 0 Å². The van der Waals surface area contributed by atoms with Gasteiger partial charge in [-0.05, 0) is 31.2 Å². The van der Waals surface area contributed by atoms with Crippen molar-refractivity contribution in [2.75, 3.05) is 7.11 Å². The number of carbonyl (C=O) groups is 2. The number of rotatable bonds is 4. The summed E-state index contributed by atoms with van der Waals surface area (Å²) in [5, 5.41) is 0. The lowest BCUT2D eigenvalue weighted by atomic mass is 10.1. The van der Waals surface area contributed by atoms with E-state index in [4.69, 9.17) is 9.47 Å². The van der Waals surface area contributed by atoms with Crippen LogP contribution in [0.1, 0.15) is 27.6 Å². The van der Waals surface area contributed by atoms with E-state index in [1.165, 1.54) is 32.2 Å². The van der Waals surface area contributed by atoms with Crippen molar-refractivity contribution in [3.05, 3.63) is 59.2 Å².